The Morgan fingerprint density at radius 3 is 2.63 bits per heavy atom. The highest BCUT2D eigenvalue weighted by Gasteiger charge is 2.15. The predicted octanol–water partition coefficient (Wildman–Crippen LogP) is 1.01. The van der Waals surface area contributed by atoms with Crippen LogP contribution in [0.25, 0.3) is 0 Å². The first kappa shape index (κ1) is 14.3. The van der Waals surface area contributed by atoms with E-state index in [0.29, 0.717) is 12.4 Å². The fourth-order valence-corrected chi connectivity index (χ4v) is 2.37. The molecule has 0 bridgehead atoms. The Kier molecular flexibility index (Phi) is 5.22. The van der Waals surface area contributed by atoms with Crippen molar-refractivity contribution in [3.8, 4) is 0 Å². The minimum Gasteiger partial charge on any atom is -0.368 e. The van der Waals surface area contributed by atoms with E-state index < -0.39 is 0 Å². The molecule has 106 valence electrons. The van der Waals surface area contributed by atoms with Crippen molar-refractivity contribution in [1.82, 2.24) is 14.7 Å². The fourth-order valence-electron chi connectivity index (χ4n) is 2.19. The molecule has 6 heteroatoms. The largest absolute Gasteiger partial charge is 0.368 e. The van der Waals surface area contributed by atoms with Gasteiger partial charge in [0.1, 0.15) is 0 Å². The van der Waals surface area contributed by atoms with Crippen LogP contribution < -0.4 is 10.5 Å². The third kappa shape index (κ3) is 3.94. The van der Waals surface area contributed by atoms with E-state index in [-0.39, 0.29) is 5.56 Å². The molecule has 0 spiro atoms. The molecule has 0 amide bonds. The highest BCUT2D eigenvalue weighted by molar-refractivity contribution is 6.17. The van der Waals surface area contributed by atoms with Crippen molar-refractivity contribution in [2.45, 2.75) is 19.4 Å². The maximum absolute atomic E-state index is 12.0. The van der Waals surface area contributed by atoms with Crippen LogP contribution in [0.1, 0.15) is 12.8 Å². The van der Waals surface area contributed by atoms with Gasteiger partial charge < -0.3 is 9.80 Å². The molecule has 1 aliphatic heterocycles. The van der Waals surface area contributed by atoms with E-state index >= 15 is 0 Å². The smallest absolute Gasteiger partial charge is 0.268 e. The SMILES string of the molecule is CN1CCN(c2cnn(CCCCCl)c(=O)c2)CC1. The minimum atomic E-state index is -0.0222. The summed E-state index contributed by atoms with van der Waals surface area (Å²) in [7, 11) is 2.12. The van der Waals surface area contributed by atoms with Gasteiger partial charge in [-0.3, -0.25) is 4.79 Å². The molecular formula is C13H21ClN4O. The predicted molar refractivity (Wildman–Crippen MR) is 78.2 cm³/mol. The summed E-state index contributed by atoms with van der Waals surface area (Å²) >= 11 is 5.63. The van der Waals surface area contributed by atoms with E-state index in [4.69, 9.17) is 11.6 Å². The molecule has 0 aromatic carbocycles. The lowest BCUT2D eigenvalue weighted by Gasteiger charge is -2.33. The molecule has 1 saturated heterocycles. The second-order valence-electron chi connectivity index (χ2n) is 4.96. The number of piperazine rings is 1. The number of likely N-dealkylation sites (N-methyl/N-ethyl adjacent to an activating group) is 1. The van der Waals surface area contributed by atoms with Gasteiger partial charge in [-0.05, 0) is 19.9 Å². The third-order valence-corrected chi connectivity index (χ3v) is 3.74. The van der Waals surface area contributed by atoms with Crippen molar-refractivity contribution < 1.29 is 0 Å². The second kappa shape index (κ2) is 6.91. The van der Waals surface area contributed by atoms with Crippen molar-refractivity contribution in [1.29, 1.82) is 0 Å². The summed E-state index contributed by atoms with van der Waals surface area (Å²) in [6, 6.07) is 1.69. The summed E-state index contributed by atoms with van der Waals surface area (Å²) in [6.45, 7) is 4.61. The van der Waals surface area contributed by atoms with Gasteiger partial charge >= 0.3 is 0 Å². The Hall–Kier alpha value is -1.07. The van der Waals surface area contributed by atoms with Crippen LogP contribution in [0.2, 0.25) is 0 Å². The number of hydrogen-bond donors (Lipinski definition) is 0. The van der Waals surface area contributed by atoms with Crippen molar-refractivity contribution in [2.24, 2.45) is 0 Å². The van der Waals surface area contributed by atoms with Gasteiger partial charge in [0.2, 0.25) is 0 Å². The highest BCUT2D eigenvalue weighted by Crippen LogP contribution is 2.12. The van der Waals surface area contributed by atoms with E-state index in [1.165, 1.54) is 4.68 Å². The van der Waals surface area contributed by atoms with Gasteiger partial charge in [0.25, 0.3) is 5.56 Å². The molecule has 0 unspecified atom stereocenters. The summed E-state index contributed by atoms with van der Waals surface area (Å²) in [5.74, 6) is 0.633. The number of rotatable bonds is 5. The minimum absolute atomic E-state index is 0.0222. The van der Waals surface area contributed by atoms with Crippen LogP contribution in [0.4, 0.5) is 5.69 Å². The number of unbranched alkanes of at least 4 members (excludes halogenated alkanes) is 1. The van der Waals surface area contributed by atoms with E-state index in [9.17, 15) is 4.79 Å². The standard InChI is InChI=1S/C13H21ClN4O/c1-16-6-8-17(9-7-16)12-10-13(19)18(15-11-12)5-3-2-4-14/h10-11H,2-9H2,1H3. The molecule has 2 rings (SSSR count). The van der Waals surface area contributed by atoms with Crippen molar-refractivity contribution in [3.63, 3.8) is 0 Å². The van der Waals surface area contributed by atoms with Gasteiger partial charge in [0.15, 0.2) is 0 Å². The Labute approximate surface area is 118 Å². The van der Waals surface area contributed by atoms with Gasteiger partial charge in [0, 0.05) is 44.7 Å². The van der Waals surface area contributed by atoms with Gasteiger partial charge in [-0.25, -0.2) is 4.68 Å². The second-order valence-corrected chi connectivity index (χ2v) is 5.34. The number of aryl methyl sites for hydroxylation is 1. The van der Waals surface area contributed by atoms with Gasteiger partial charge in [0.05, 0.1) is 11.9 Å². The molecule has 1 fully saturated rings. The van der Waals surface area contributed by atoms with Crippen LogP contribution in [-0.4, -0.2) is 53.8 Å². The van der Waals surface area contributed by atoms with Crippen LogP contribution in [0.5, 0.6) is 0 Å². The monoisotopic (exact) mass is 284 g/mol. The zero-order chi connectivity index (χ0) is 13.7. The van der Waals surface area contributed by atoms with Crippen LogP contribution in [-0.2, 0) is 6.54 Å². The topological polar surface area (TPSA) is 41.4 Å². The van der Waals surface area contributed by atoms with E-state index in [2.05, 4.69) is 21.9 Å². The van der Waals surface area contributed by atoms with Gasteiger partial charge in [-0.2, -0.15) is 5.10 Å². The summed E-state index contributed by atoms with van der Waals surface area (Å²) in [5.41, 5.74) is 0.915. The van der Waals surface area contributed by atoms with Gasteiger partial charge in [-0.1, -0.05) is 0 Å². The van der Waals surface area contributed by atoms with Crippen LogP contribution >= 0.6 is 11.6 Å². The van der Waals surface area contributed by atoms with E-state index in [0.717, 1.165) is 44.7 Å². The Balaban J connectivity index is 2.00. The van der Waals surface area contributed by atoms with Crippen molar-refractivity contribution in [3.05, 3.63) is 22.6 Å². The maximum Gasteiger partial charge on any atom is 0.268 e. The fraction of sp³-hybridized carbons (Fsp3) is 0.692. The van der Waals surface area contributed by atoms with E-state index in [1.54, 1.807) is 12.3 Å². The molecule has 0 radical (unpaired) electrons. The van der Waals surface area contributed by atoms with Crippen LogP contribution in [0.15, 0.2) is 17.1 Å². The molecular weight excluding hydrogens is 264 g/mol. The number of aromatic nitrogens is 2. The van der Waals surface area contributed by atoms with E-state index in [1.807, 2.05) is 0 Å². The maximum atomic E-state index is 12.0. The van der Waals surface area contributed by atoms with Crippen molar-refractivity contribution in [2.75, 3.05) is 44.0 Å². The molecule has 0 atom stereocenters. The number of alkyl halides is 1. The Bertz CT molecular complexity index is 454. The lowest BCUT2D eigenvalue weighted by Crippen LogP contribution is -2.45. The molecule has 19 heavy (non-hydrogen) atoms. The summed E-state index contributed by atoms with van der Waals surface area (Å²) in [4.78, 5) is 16.5. The van der Waals surface area contributed by atoms with Crippen LogP contribution in [0.3, 0.4) is 0 Å². The zero-order valence-corrected chi connectivity index (χ0v) is 12.1. The molecule has 2 heterocycles. The number of hydrogen-bond acceptors (Lipinski definition) is 4. The number of nitrogens with zero attached hydrogens (tertiary/aromatic N) is 4. The molecule has 0 aliphatic carbocycles. The average molecular weight is 285 g/mol. The molecule has 1 aliphatic rings. The van der Waals surface area contributed by atoms with Gasteiger partial charge in [-0.15, -0.1) is 11.6 Å². The Morgan fingerprint density at radius 1 is 1.26 bits per heavy atom. The lowest BCUT2D eigenvalue weighted by molar-refractivity contribution is 0.312. The lowest BCUT2D eigenvalue weighted by atomic mass is 10.3. The first-order chi connectivity index (χ1) is 9.20. The quantitative estimate of drug-likeness (QED) is 0.598. The first-order valence-corrected chi connectivity index (χ1v) is 7.31. The van der Waals surface area contributed by atoms with Crippen LogP contribution in [0, 0.1) is 0 Å². The third-order valence-electron chi connectivity index (χ3n) is 3.48. The summed E-state index contributed by atoms with van der Waals surface area (Å²) in [6.07, 6.45) is 3.60. The summed E-state index contributed by atoms with van der Waals surface area (Å²) < 4.78 is 1.52. The Morgan fingerprint density at radius 2 is 2.00 bits per heavy atom. The zero-order valence-electron chi connectivity index (χ0n) is 11.4. The summed E-state index contributed by atoms with van der Waals surface area (Å²) in [5, 5.41) is 4.25. The highest BCUT2D eigenvalue weighted by atomic mass is 35.5. The molecule has 0 N–H and O–H groups in total. The molecule has 0 saturated carbocycles. The number of anilines is 1. The number of halogens is 1. The average Bonchev–Trinajstić information content (AvgIpc) is 2.42. The molecule has 1 aromatic heterocycles. The normalized spacial score (nSPS) is 16.8. The molecule has 1 aromatic rings. The first-order valence-electron chi connectivity index (χ1n) is 6.77. The molecule has 5 nitrogen and oxygen atoms in total. The van der Waals surface area contributed by atoms with Crippen molar-refractivity contribution >= 4 is 17.3 Å².